The number of benzene rings is 1. The number of rotatable bonds is 5. The van der Waals surface area contributed by atoms with Gasteiger partial charge in [0, 0.05) is 19.0 Å². The number of nitrogens with one attached hydrogen (secondary N) is 1. The average molecular weight is 325 g/mol. The fraction of sp³-hybridized carbons (Fsp3) is 0.111. The summed E-state index contributed by atoms with van der Waals surface area (Å²) in [4.78, 5) is 9.18. The van der Waals surface area contributed by atoms with E-state index in [1.54, 1.807) is 30.5 Å². The maximum Gasteiger partial charge on any atom is 0.146 e. The Morgan fingerprint density at radius 2 is 2.17 bits per heavy atom. The Balaban J connectivity index is 2.15. The summed E-state index contributed by atoms with van der Waals surface area (Å²) in [5, 5.41) is 4.79. The fourth-order valence-corrected chi connectivity index (χ4v) is 3.17. The molecular weight excluding hydrogens is 309 g/mol. The van der Waals surface area contributed by atoms with Crippen LogP contribution in [0.15, 0.2) is 54.5 Å². The highest BCUT2D eigenvalue weighted by atomic mass is 32.1. The Morgan fingerprint density at radius 3 is 2.87 bits per heavy atom. The van der Waals surface area contributed by atoms with E-state index >= 15 is 0 Å². The molecule has 2 aromatic heterocycles. The quantitative estimate of drug-likeness (QED) is 0.683. The topological polar surface area (TPSA) is 37.8 Å². The molecule has 0 atom stereocenters. The lowest BCUT2D eigenvalue weighted by Gasteiger charge is -2.08. The maximum absolute atomic E-state index is 14.1. The van der Waals surface area contributed by atoms with E-state index in [0.717, 1.165) is 27.0 Å². The van der Waals surface area contributed by atoms with E-state index in [1.807, 2.05) is 17.5 Å². The predicted molar refractivity (Wildman–Crippen MR) is 95.4 cm³/mol. The van der Waals surface area contributed by atoms with Gasteiger partial charge in [-0.15, -0.1) is 11.3 Å². The molecule has 116 valence electrons. The summed E-state index contributed by atoms with van der Waals surface area (Å²) in [6, 6.07) is 7.03. The van der Waals surface area contributed by atoms with Crippen molar-refractivity contribution >= 4 is 27.2 Å². The van der Waals surface area contributed by atoms with Crippen LogP contribution in [0.5, 0.6) is 0 Å². The fourth-order valence-electron chi connectivity index (χ4n) is 2.33. The SMILES string of the molecule is C=CC(=C)Cc1nc(-c2ccc(NC)c(F)c2)c2sccc2n1. The van der Waals surface area contributed by atoms with E-state index in [1.165, 1.54) is 6.07 Å². The van der Waals surface area contributed by atoms with Crippen LogP contribution in [-0.4, -0.2) is 17.0 Å². The van der Waals surface area contributed by atoms with Gasteiger partial charge in [-0.1, -0.05) is 25.3 Å². The monoisotopic (exact) mass is 325 g/mol. The van der Waals surface area contributed by atoms with E-state index in [9.17, 15) is 4.39 Å². The second kappa shape index (κ2) is 6.30. The van der Waals surface area contributed by atoms with Gasteiger partial charge < -0.3 is 5.32 Å². The van der Waals surface area contributed by atoms with E-state index in [2.05, 4.69) is 28.4 Å². The molecule has 0 spiro atoms. The van der Waals surface area contributed by atoms with Gasteiger partial charge in [0.25, 0.3) is 0 Å². The summed E-state index contributed by atoms with van der Waals surface area (Å²) in [7, 11) is 1.69. The lowest BCUT2D eigenvalue weighted by Crippen LogP contribution is -1.99. The molecule has 0 aliphatic rings. The minimum atomic E-state index is -0.301. The van der Waals surface area contributed by atoms with Crippen molar-refractivity contribution in [3.05, 3.63) is 66.1 Å². The number of nitrogens with zero attached hydrogens (tertiary/aromatic N) is 2. The second-order valence-electron chi connectivity index (χ2n) is 5.11. The zero-order valence-electron chi connectivity index (χ0n) is 12.8. The highest BCUT2D eigenvalue weighted by Gasteiger charge is 2.13. The lowest BCUT2D eigenvalue weighted by molar-refractivity contribution is 0.632. The highest BCUT2D eigenvalue weighted by molar-refractivity contribution is 7.17. The number of hydrogen-bond acceptors (Lipinski definition) is 4. The van der Waals surface area contributed by atoms with E-state index in [4.69, 9.17) is 0 Å². The zero-order valence-corrected chi connectivity index (χ0v) is 13.6. The lowest BCUT2D eigenvalue weighted by atomic mass is 10.1. The first-order valence-electron chi connectivity index (χ1n) is 7.14. The van der Waals surface area contributed by atoms with Crippen molar-refractivity contribution in [1.29, 1.82) is 0 Å². The molecule has 0 fully saturated rings. The number of fused-ring (bicyclic) bond motifs is 1. The molecule has 0 saturated carbocycles. The smallest absolute Gasteiger partial charge is 0.146 e. The molecule has 3 rings (SSSR count). The first-order chi connectivity index (χ1) is 11.1. The third kappa shape index (κ3) is 3.00. The van der Waals surface area contributed by atoms with E-state index in [0.29, 0.717) is 17.9 Å². The Bertz CT molecular complexity index is 898. The first kappa shape index (κ1) is 15.4. The van der Waals surface area contributed by atoms with E-state index in [-0.39, 0.29) is 5.82 Å². The molecule has 0 bridgehead atoms. The standard InChI is InChI=1S/C18H16FN3S/c1-4-11(2)9-16-21-15-7-8-23-18(15)17(22-16)12-5-6-14(20-3)13(19)10-12/h4-8,10,20H,1-2,9H2,3H3. The molecule has 0 aliphatic carbocycles. The van der Waals surface area contributed by atoms with Crippen LogP contribution in [0.3, 0.4) is 0 Å². The van der Waals surface area contributed by atoms with Gasteiger partial charge in [-0.3, -0.25) is 0 Å². The molecule has 0 saturated heterocycles. The van der Waals surface area contributed by atoms with Gasteiger partial charge >= 0.3 is 0 Å². The number of anilines is 1. The zero-order chi connectivity index (χ0) is 16.4. The predicted octanol–water partition coefficient (Wildman–Crippen LogP) is 4.82. The van der Waals surface area contributed by atoms with Crippen molar-refractivity contribution in [1.82, 2.24) is 9.97 Å². The Hall–Kier alpha value is -2.53. The number of allylic oxidation sites excluding steroid dienone is 2. The molecule has 2 heterocycles. The molecular formula is C18H16FN3S. The Kier molecular flexibility index (Phi) is 4.21. The molecule has 0 radical (unpaired) electrons. The first-order valence-corrected chi connectivity index (χ1v) is 8.02. The van der Waals surface area contributed by atoms with Gasteiger partial charge in [-0.2, -0.15) is 0 Å². The van der Waals surface area contributed by atoms with Gasteiger partial charge in [-0.25, -0.2) is 14.4 Å². The maximum atomic E-state index is 14.1. The van der Waals surface area contributed by atoms with Crippen LogP contribution in [0.4, 0.5) is 10.1 Å². The van der Waals surface area contributed by atoms with Crippen molar-refractivity contribution in [3.63, 3.8) is 0 Å². The van der Waals surface area contributed by atoms with Crippen molar-refractivity contribution < 1.29 is 4.39 Å². The summed E-state index contributed by atoms with van der Waals surface area (Å²) in [5.41, 5.74) is 3.66. The summed E-state index contributed by atoms with van der Waals surface area (Å²) in [5.74, 6) is 0.360. The largest absolute Gasteiger partial charge is 0.386 e. The minimum absolute atomic E-state index is 0.301. The van der Waals surface area contributed by atoms with Gasteiger partial charge in [0.15, 0.2) is 0 Å². The van der Waals surface area contributed by atoms with Crippen LogP contribution in [0.2, 0.25) is 0 Å². The molecule has 5 heteroatoms. The summed E-state index contributed by atoms with van der Waals surface area (Å²) < 4.78 is 15.1. The minimum Gasteiger partial charge on any atom is -0.386 e. The van der Waals surface area contributed by atoms with Crippen LogP contribution in [0.1, 0.15) is 5.82 Å². The highest BCUT2D eigenvalue weighted by Crippen LogP contribution is 2.32. The molecule has 0 amide bonds. The van der Waals surface area contributed by atoms with Crippen LogP contribution < -0.4 is 5.32 Å². The van der Waals surface area contributed by atoms with Crippen LogP contribution in [0, 0.1) is 5.82 Å². The normalized spacial score (nSPS) is 10.7. The van der Waals surface area contributed by atoms with Crippen LogP contribution in [0.25, 0.3) is 21.5 Å². The number of thiophene rings is 1. The van der Waals surface area contributed by atoms with Gasteiger partial charge in [0.05, 0.1) is 21.6 Å². The van der Waals surface area contributed by atoms with E-state index < -0.39 is 0 Å². The van der Waals surface area contributed by atoms with Crippen LogP contribution >= 0.6 is 11.3 Å². The number of aromatic nitrogens is 2. The van der Waals surface area contributed by atoms with Gasteiger partial charge in [0.1, 0.15) is 11.6 Å². The van der Waals surface area contributed by atoms with Crippen molar-refractivity contribution in [2.24, 2.45) is 0 Å². The molecule has 0 unspecified atom stereocenters. The Labute approximate surface area is 138 Å². The molecule has 0 aliphatic heterocycles. The van der Waals surface area contributed by atoms with Crippen molar-refractivity contribution in [2.75, 3.05) is 12.4 Å². The van der Waals surface area contributed by atoms with Crippen LogP contribution in [-0.2, 0) is 6.42 Å². The molecule has 3 nitrogen and oxygen atoms in total. The summed E-state index contributed by atoms with van der Waals surface area (Å²) >= 11 is 1.55. The summed E-state index contributed by atoms with van der Waals surface area (Å²) in [6.45, 7) is 7.62. The van der Waals surface area contributed by atoms with Crippen molar-refractivity contribution in [3.8, 4) is 11.3 Å². The second-order valence-corrected chi connectivity index (χ2v) is 6.02. The number of halogens is 1. The summed E-state index contributed by atoms with van der Waals surface area (Å²) in [6.07, 6.45) is 2.22. The van der Waals surface area contributed by atoms with Gasteiger partial charge in [0.2, 0.25) is 0 Å². The van der Waals surface area contributed by atoms with Crippen molar-refractivity contribution in [2.45, 2.75) is 6.42 Å². The molecule has 1 N–H and O–H groups in total. The average Bonchev–Trinajstić information content (AvgIpc) is 3.02. The Morgan fingerprint density at radius 1 is 1.35 bits per heavy atom. The van der Waals surface area contributed by atoms with Gasteiger partial charge in [-0.05, 0) is 29.2 Å². The molecule has 3 aromatic rings. The molecule has 1 aromatic carbocycles. The third-order valence-electron chi connectivity index (χ3n) is 3.54. The third-order valence-corrected chi connectivity index (χ3v) is 4.45. The molecule has 23 heavy (non-hydrogen) atoms. The number of hydrogen-bond donors (Lipinski definition) is 1.